The van der Waals surface area contributed by atoms with Crippen molar-refractivity contribution in [2.75, 3.05) is 18.1 Å². The average molecular weight is 416 g/mol. The van der Waals surface area contributed by atoms with E-state index in [4.69, 9.17) is 4.74 Å². The molecule has 0 spiro atoms. The highest BCUT2D eigenvalue weighted by molar-refractivity contribution is 7.92. The molecule has 0 unspecified atom stereocenters. The van der Waals surface area contributed by atoms with Crippen LogP contribution in [0.3, 0.4) is 0 Å². The number of nitrogens with one attached hydrogen (secondary N) is 1. The second-order valence-corrected chi connectivity index (χ2v) is 8.74. The highest BCUT2D eigenvalue weighted by Crippen LogP contribution is 2.35. The molecular formula is C21H25N3O4S. The van der Waals surface area contributed by atoms with Crippen molar-refractivity contribution in [1.29, 1.82) is 0 Å². The van der Waals surface area contributed by atoms with E-state index in [-0.39, 0.29) is 11.9 Å². The van der Waals surface area contributed by atoms with E-state index in [1.807, 2.05) is 37.3 Å². The average Bonchev–Trinajstić information content (AvgIpc) is 3.13. The molecule has 8 heteroatoms. The summed E-state index contributed by atoms with van der Waals surface area (Å²) in [6.07, 6.45) is 2.79. The SMILES string of the molecule is CCCC(=O)N1N=C(c2cccc(NS(C)(=O)=O)c2)C[C@@H]1c1cccc(OC)c1. The summed E-state index contributed by atoms with van der Waals surface area (Å²) in [4.78, 5) is 12.7. The van der Waals surface area contributed by atoms with Crippen LogP contribution in [-0.2, 0) is 14.8 Å². The Morgan fingerprint density at radius 1 is 1.24 bits per heavy atom. The van der Waals surface area contributed by atoms with Gasteiger partial charge < -0.3 is 4.74 Å². The number of rotatable bonds is 7. The van der Waals surface area contributed by atoms with Crippen molar-refractivity contribution < 1.29 is 17.9 Å². The Morgan fingerprint density at radius 3 is 2.69 bits per heavy atom. The summed E-state index contributed by atoms with van der Waals surface area (Å²) >= 11 is 0. The molecule has 1 aliphatic rings. The van der Waals surface area contributed by atoms with Crippen molar-refractivity contribution in [3.05, 3.63) is 59.7 Å². The van der Waals surface area contributed by atoms with Crippen molar-refractivity contribution in [3.8, 4) is 5.75 Å². The van der Waals surface area contributed by atoms with E-state index >= 15 is 0 Å². The van der Waals surface area contributed by atoms with Crippen LogP contribution in [0.25, 0.3) is 0 Å². The van der Waals surface area contributed by atoms with Crippen molar-refractivity contribution in [2.45, 2.75) is 32.2 Å². The minimum absolute atomic E-state index is 0.0410. The highest BCUT2D eigenvalue weighted by atomic mass is 32.2. The fraction of sp³-hybridized carbons (Fsp3) is 0.333. The molecule has 1 N–H and O–H groups in total. The van der Waals surface area contributed by atoms with Crippen LogP contribution in [0.4, 0.5) is 5.69 Å². The fourth-order valence-corrected chi connectivity index (χ4v) is 3.88. The molecule has 0 saturated carbocycles. The molecular weight excluding hydrogens is 390 g/mol. The number of methoxy groups -OCH3 is 1. The number of ether oxygens (including phenoxy) is 1. The molecule has 0 aliphatic carbocycles. The quantitative estimate of drug-likeness (QED) is 0.749. The number of hydrogen-bond acceptors (Lipinski definition) is 5. The van der Waals surface area contributed by atoms with Gasteiger partial charge in [0.15, 0.2) is 0 Å². The van der Waals surface area contributed by atoms with E-state index in [0.29, 0.717) is 18.5 Å². The Bertz CT molecular complexity index is 1030. The van der Waals surface area contributed by atoms with Gasteiger partial charge in [-0.2, -0.15) is 5.10 Å². The second-order valence-electron chi connectivity index (χ2n) is 6.99. The Morgan fingerprint density at radius 2 is 2.00 bits per heavy atom. The standard InChI is InChI=1S/C21H25N3O4S/c1-4-7-21(25)24-20(16-9-6-11-18(13-16)28-2)14-19(22-24)15-8-5-10-17(12-15)23-29(3,26)27/h5-6,8-13,20,23H,4,7,14H2,1-3H3/t20-/m1/s1. The number of sulfonamides is 1. The van der Waals surface area contributed by atoms with Gasteiger partial charge in [0, 0.05) is 18.5 Å². The molecule has 1 aliphatic heterocycles. The van der Waals surface area contributed by atoms with Gasteiger partial charge >= 0.3 is 0 Å². The zero-order valence-corrected chi connectivity index (χ0v) is 17.6. The smallest absolute Gasteiger partial charge is 0.243 e. The molecule has 154 valence electrons. The van der Waals surface area contributed by atoms with Gasteiger partial charge in [-0.15, -0.1) is 0 Å². The number of anilines is 1. The molecule has 1 atom stereocenters. The number of benzene rings is 2. The number of hydrogen-bond donors (Lipinski definition) is 1. The molecule has 0 radical (unpaired) electrons. The molecule has 2 aromatic rings. The molecule has 2 aromatic carbocycles. The number of carbonyl (C=O) groups is 1. The minimum atomic E-state index is -3.38. The van der Waals surface area contributed by atoms with E-state index < -0.39 is 10.0 Å². The number of amides is 1. The van der Waals surface area contributed by atoms with Crippen molar-refractivity contribution >= 4 is 27.3 Å². The lowest BCUT2D eigenvalue weighted by Crippen LogP contribution is -2.26. The van der Waals surface area contributed by atoms with E-state index in [1.54, 1.807) is 30.3 Å². The van der Waals surface area contributed by atoms with Crippen LogP contribution < -0.4 is 9.46 Å². The van der Waals surface area contributed by atoms with Gasteiger partial charge in [0.05, 0.1) is 25.1 Å². The first kappa shape index (κ1) is 20.9. The summed E-state index contributed by atoms with van der Waals surface area (Å²) in [7, 11) is -1.77. The maximum atomic E-state index is 12.7. The first-order chi connectivity index (χ1) is 13.8. The topological polar surface area (TPSA) is 88.1 Å². The monoisotopic (exact) mass is 415 g/mol. The van der Waals surface area contributed by atoms with E-state index in [1.165, 1.54) is 0 Å². The van der Waals surface area contributed by atoms with Gasteiger partial charge in [0.25, 0.3) is 0 Å². The fourth-order valence-electron chi connectivity index (χ4n) is 3.33. The second kappa shape index (κ2) is 8.65. The zero-order chi connectivity index (χ0) is 21.0. The summed E-state index contributed by atoms with van der Waals surface area (Å²) in [5.74, 6) is 0.680. The third kappa shape index (κ3) is 5.14. The van der Waals surface area contributed by atoms with Crippen LogP contribution in [-0.4, -0.2) is 38.4 Å². The lowest BCUT2D eigenvalue weighted by atomic mass is 9.98. The van der Waals surface area contributed by atoms with Crippen LogP contribution in [0.5, 0.6) is 5.75 Å². The molecule has 0 saturated heterocycles. The van der Waals surface area contributed by atoms with Crippen LogP contribution in [0, 0.1) is 0 Å². The van der Waals surface area contributed by atoms with Crippen molar-refractivity contribution in [2.24, 2.45) is 5.10 Å². The molecule has 1 heterocycles. The van der Waals surface area contributed by atoms with Crippen LogP contribution in [0.1, 0.15) is 43.4 Å². The Hall–Kier alpha value is -2.87. The van der Waals surface area contributed by atoms with Gasteiger partial charge in [-0.1, -0.05) is 31.2 Å². The maximum absolute atomic E-state index is 12.7. The normalized spacial score (nSPS) is 16.4. The number of hydrazone groups is 1. The van der Waals surface area contributed by atoms with Crippen molar-refractivity contribution in [3.63, 3.8) is 0 Å². The van der Waals surface area contributed by atoms with Gasteiger partial charge in [0.2, 0.25) is 15.9 Å². The Kier molecular flexibility index (Phi) is 6.22. The molecule has 7 nitrogen and oxygen atoms in total. The zero-order valence-electron chi connectivity index (χ0n) is 16.8. The highest BCUT2D eigenvalue weighted by Gasteiger charge is 2.32. The summed E-state index contributed by atoms with van der Waals surface area (Å²) in [6, 6.07) is 14.4. The summed E-state index contributed by atoms with van der Waals surface area (Å²) in [5, 5.41) is 6.16. The molecule has 0 fully saturated rings. The first-order valence-corrected chi connectivity index (χ1v) is 11.3. The predicted molar refractivity (Wildman–Crippen MR) is 114 cm³/mol. The molecule has 29 heavy (non-hydrogen) atoms. The molecule has 0 aromatic heterocycles. The van der Waals surface area contributed by atoms with Gasteiger partial charge in [0.1, 0.15) is 5.75 Å². The van der Waals surface area contributed by atoms with Crippen LogP contribution >= 0.6 is 0 Å². The third-order valence-electron chi connectivity index (χ3n) is 4.61. The molecule has 1 amide bonds. The Balaban J connectivity index is 1.95. The number of nitrogens with zero attached hydrogens (tertiary/aromatic N) is 2. The molecule has 3 rings (SSSR count). The maximum Gasteiger partial charge on any atom is 0.243 e. The minimum Gasteiger partial charge on any atom is -0.497 e. The lowest BCUT2D eigenvalue weighted by Gasteiger charge is -2.22. The summed E-state index contributed by atoms with van der Waals surface area (Å²) in [5.41, 5.74) is 2.92. The van der Waals surface area contributed by atoms with Gasteiger partial charge in [-0.3, -0.25) is 9.52 Å². The summed E-state index contributed by atoms with van der Waals surface area (Å²) in [6.45, 7) is 1.96. The largest absolute Gasteiger partial charge is 0.497 e. The van der Waals surface area contributed by atoms with Gasteiger partial charge in [-0.25, -0.2) is 13.4 Å². The van der Waals surface area contributed by atoms with E-state index in [0.717, 1.165) is 35.3 Å². The lowest BCUT2D eigenvalue weighted by molar-refractivity contribution is -0.133. The van der Waals surface area contributed by atoms with E-state index in [9.17, 15) is 13.2 Å². The van der Waals surface area contributed by atoms with E-state index in [2.05, 4.69) is 9.82 Å². The Labute approximate surface area is 171 Å². The molecule has 0 bridgehead atoms. The predicted octanol–water partition coefficient (Wildman–Crippen LogP) is 3.54. The summed E-state index contributed by atoms with van der Waals surface area (Å²) < 4.78 is 30.9. The van der Waals surface area contributed by atoms with Gasteiger partial charge in [-0.05, 0) is 41.8 Å². The number of carbonyl (C=O) groups excluding carboxylic acids is 1. The van der Waals surface area contributed by atoms with Crippen LogP contribution in [0.15, 0.2) is 53.6 Å². The third-order valence-corrected chi connectivity index (χ3v) is 5.21. The van der Waals surface area contributed by atoms with Crippen molar-refractivity contribution in [1.82, 2.24) is 5.01 Å². The van der Waals surface area contributed by atoms with Crippen LogP contribution in [0.2, 0.25) is 0 Å². The first-order valence-electron chi connectivity index (χ1n) is 9.42.